The third kappa shape index (κ3) is 3.50. The SMILES string of the molecule is CCCN(CC(=O)Nc1cc(C)on1)S(=O)(=O)C[C@]12CC[C@H](CC1=O)C2(C)C. The standard InChI is InChI=1S/C19H29N3O5S/c1-5-8-22(11-17(24)20-16-9-13(2)27-21-16)28(25,26)12-19-7-6-14(10-15(19)23)18(19,3)4/h9,14H,5-8,10-12H2,1-4H3,(H,20,21,24)/t14-,19-/m1/s1. The van der Waals surface area contributed by atoms with Crippen LogP contribution in [0.2, 0.25) is 0 Å². The van der Waals surface area contributed by atoms with E-state index in [1.807, 2.05) is 20.8 Å². The van der Waals surface area contributed by atoms with E-state index in [4.69, 9.17) is 4.52 Å². The maximum Gasteiger partial charge on any atom is 0.240 e. The number of fused-ring (bicyclic) bond motifs is 2. The number of anilines is 1. The van der Waals surface area contributed by atoms with Crippen molar-refractivity contribution in [2.75, 3.05) is 24.2 Å². The third-order valence-electron chi connectivity index (χ3n) is 6.65. The summed E-state index contributed by atoms with van der Waals surface area (Å²) in [6.45, 7) is 7.49. The fourth-order valence-corrected chi connectivity index (χ4v) is 7.10. The number of ketones is 1. The van der Waals surface area contributed by atoms with E-state index in [-0.39, 0.29) is 41.8 Å². The molecular formula is C19H29N3O5S. The van der Waals surface area contributed by atoms with Crippen LogP contribution >= 0.6 is 0 Å². The molecule has 2 aliphatic carbocycles. The van der Waals surface area contributed by atoms with Crippen LogP contribution in [0.25, 0.3) is 0 Å². The van der Waals surface area contributed by atoms with E-state index >= 15 is 0 Å². The van der Waals surface area contributed by atoms with Crippen LogP contribution in [0, 0.1) is 23.7 Å². The topological polar surface area (TPSA) is 110 Å². The maximum absolute atomic E-state index is 13.2. The van der Waals surface area contributed by atoms with Gasteiger partial charge in [-0.3, -0.25) is 9.59 Å². The molecular weight excluding hydrogens is 382 g/mol. The Morgan fingerprint density at radius 2 is 2.14 bits per heavy atom. The van der Waals surface area contributed by atoms with Gasteiger partial charge in [-0.15, -0.1) is 0 Å². The second-order valence-corrected chi connectivity index (χ2v) is 10.6. The number of nitrogens with one attached hydrogen (secondary N) is 1. The number of aryl methyl sites for hydroxylation is 1. The Hall–Kier alpha value is -1.74. The molecule has 0 spiro atoms. The average molecular weight is 412 g/mol. The normalized spacial score (nSPS) is 26.2. The zero-order valence-electron chi connectivity index (χ0n) is 16.9. The summed E-state index contributed by atoms with van der Waals surface area (Å²) in [6.07, 6.45) is 2.52. The van der Waals surface area contributed by atoms with E-state index in [1.54, 1.807) is 13.0 Å². The van der Waals surface area contributed by atoms with Crippen molar-refractivity contribution in [1.29, 1.82) is 0 Å². The maximum atomic E-state index is 13.2. The van der Waals surface area contributed by atoms with Gasteiger partial charge in [0.2, 0.25) is 15.9 Å². The van der Waals surface area contributed by atoms with Crippen LogP contribution in [-0.2, 0) is 19.6 Å². The molecule has 1 aromatic rings. The number of rotatable bonds is 8. The lowest BCUT2D eigenvalue weighted by atomic mass is 9.70. The molecule has 9 heteroatoms. The zero-order valence-corrected chi connectivity index (χ0v) is 17.8. The number of aromatic nitrogens is 1. The van der Waals surface area contributed by atoms with Gasteiger partial charge in [-0.25, -0.2) is 8.42 Å². The van der Waals surface area contributed by atoms with Gasteiger partial charge < -0.3 is 9.84 Å². The minimum absolute atomic E-state index is 0.0521. The van der Waals surface area contributed by atoms with Crippen molar-refractivity contribution >= 4 is 27.5 Å². The molecule has 2 bridgehead atoms. The molecule has 0 radical (unpaired) electrons. The number of hydrogen-bond acceptors (Lipinski definition) is 6. The molecule has 1 amide bonds. The molecule has 1 aromatic heterocycles. The predicted molar refractivity (Wildman–Crippen MR) is 104 cm³/mol. The monoisotopic (exact) mass is 411 g/mol. The molecule has 1 N–H and O–H groups in total. The largest absolute Gasteiger partial charge is 0.360 e. The second kappa shape index (κ2) is 7.26. The van der Waals surface area contributed by atoms with Gasteiger partial charge in [0.1, 0.15) is 11.5 Å². The molecule has 2 fully saturated rings. The first-order valence-electron chi connectivity index (χ1n) is 9.76. The summed E-state index contributed by atoms with van der Waals surface area (Å²) in [7, 11) is -3.79. The molecule has 8 nitrogen and oxygen atoms in total. The number of carbonyl (C=O) groups excluding carboxylic acids is 2. The van der Waals surface area contributed by atoms with Crippen LogP contribution in [0.3, 0.4) is 0 Å². The number of hydrogen-bond donors (Lipinski definition) is 1. The summed E-state index contributed by atoms with van der Waals surface area (Å²) in [5.74, 6) is 0.387. The molecule has 0 aromatic carbocycles. The molecule has 28 heavy (non-hydrogen) atoms. The highest BCUT2D eigenvalue weighted by Crippen LogP contribution is 2.64. The molecule has 2 aliphatic rings. The summed E-state index contributed by atoms with van der Waals surface area (Å²) in [4.78, 5) is 25.1. The van der Waals surface area contributed by atoms with Gasteiger partial charge in [0, 0.05) is 24.4 Å². The van der Waals surface area contributed by atoms with E-state index in [1.165, 1.54) is 4.31 Å². The molecule has 0 saturated heterocycles. The van der Waals surface area contributed by atoms with E-state index < -0.39 is 21.3 Å². The highest BCUT2D eigenvalue weighted by molar-refractivity contribution is 7.89. The Balaban J connectivity index is 1.77. The minimum Gasteiger partial charge on any atom is -0.360 e. The summed E-state index contributed by atoms with van der Waals surface area (Å²) in [5, 5.41) is 6.25. The van der Waals surface area contributed by atoms with Crippen LogP contribution < -0.4 is 5.32 Å². The van der Waals surface area contributed by atoms with Crippen molar-refractivity contribution in [2.45, 2.75) is 53.4 Å². The van der Waals surface area contributed by atoms with Gasteiger partial charge >= 0.3 is 0 Å². The Kier molecular flexibility index (Phi) is 5.44. The minimum atomic E-state index is -3.79. The Labute approximate surface area is 166 Å². The van der Waals surface area contributed by atoms with Gasteiger partial charge in [-0.1, -0.05) is 25.9 Å². The quantitative estimate of drug-likeness (QED) is 0.703. The Morgan fingerprint density at radius 3 is 2.64 bits per heavy atom. The molecule has 0 aliphatic heterocycles. The van der Waals surface area contributed by atoms with Crippen molar-refractivity contribution in [3.8, 4) is 0 Å². The lowest BCUT2D eigenvalue weighted by molar-refractivity contribution is -0.128. The molecule has 2 saturated carbocycles. The lowest BCUT2D eigenvalue weighted by Crippen LogP contribution is -2.48. The van der Waals surface area contributed by atoms with Crippen LogP contribution in [0.4, 0.5) is 5.82 Å². The number of carbonyl (C=O) groups is 2. The van der Waals surface area contributed by atoms with Gasteiger partial charge in [-0.05, 0) is 37.5 Å². The van der Waals surface area contributed by atoms with Crippen LogP contribution in [0.1, 0.15) is 52.2 Å². The number of sulfonamides is 1. The first-order chi connectivity index (χ1) is 13.0. The summed E-state index contributed by atoms with van der Waals surface area (Å²) < 4.78 is 32.6. The number of Topliss-reactive ketones (excluding diaryl/α,β-unsaturated/α-hetero) is 1. The van der Waals surface area contributed by atoms with Gasteiger partial charge in [-0.2, -0.15) is 4.31 Å². The Morgan fingerprint density at radius 1 is 1.43 bits per heavy atom. The zero-order chi connectivity index (χ0) is 20.7. The van der Waals surface area contributed by atoms with Crippen molar-refractivity contribution in [3.05, 3.63) is 11.8 Å². The van der Waals surface area contributed by atoms with Gasteiger partial charge in [0.05, 0.1) is 12.3 Å². The van der Waals surface area contributed by atoms with Crippen LogP contribution in [0.5, 0.6) is 0 Å². The molecule has 156 valence electrons. The van der Waals surface area contributed by atoms with E-state index in [0.29, 0.717) is 25.0 Å². The second-order valence-electron chi connectivity index (χ2n) is 8.63. The fourth-order valence-electron chi connectivity index (χ4n) is 4.84. The first kappa shape index (κ1) is 21.0. The predicted octanol–water partition coefficient (Wildman–Crippen LogP) is 2.36. The van der Waals surface area contributed by atoms with Crippen molar-refractivity contribution in [1.82, 2.24) is 9.46 Å². The number of nitrogens with zero attached hydrogens (tertiary/aromatic N) is 2. The van der Waals surface area contributed by atoms with Crippen LogP contribution in [0.15, 0.2) is 10.6 Å². The summed E-state index contributed by atoms with van der Waals surface area (Å²) in [6, 6.07) is 1.56. The highest BCUT2D eigenvalue weighted by Gasteiger charge is 2.65. The highest BCUT2D eigenvalue weighted by atomic mass is 32.2. The summed E-state index contributed by atoms with van der Waals surface area (Å²) in [5.41, 5.74) is -1.18. The van der Waals surface area contributed by atoms with Crippen molar-refractivity contribution < 1.29 is 22.5 Å². The van der Waals surface area contributed by atoms with Crippen molar-refractivity contribution in [3.63, 3.8) is 0 Å². The summed E-state index contributed by atoms with van der Waals surface area (Å²) >= 11 is 0. The first-order valence-corrected chi connectivity index (χ1v) is 11.4. The third-order valence-corrected chi connectivity index (χ3v) is 8.61. The average Bonchev–Trinajstić information content (AvgIpc) is 3.15. The van der Waals surface area contributed by atoms with E-state index in [2.05, 4.69) is 10.5 Å². The molecule has 0 unspecified atom stereocenters. The van der Waals surface area contributed by atoms with Crippen LogP contribution in [-0.4, -0.2) is 48.4 Å². The van der Waals surface area contributed by atoms with Gasteiger partial charge in [0.15, 0.2) is 5.82 Å². The van der Waals surface area contributed by atoms with Gasteiger partial charge in [0.25, 0.3) is 0 Å². The Bertz CT molecular complexity index is 876. The molecule has 3 rings (SSSR count). The molecule has 1 heterocycles. The smallest absolute Gasteiger partial charge is 0.240 e. The lowest BCUT2D eigenvalue weighted by Gasteiger charge is -2.37. The van der Waals surface area contributed by atoms with E-state index in [0.717, 1.165) is 6.42 Å². The van der Waals surface area contributed by atoms with E-state index in [9.17, 15) is 18.0 Å². The molecule has 2 atom stereocenters. The fraction of sp³-hybridized carbons (Fsp3) is 0.737. The number of amides is 1. The van der Waals surface area contributed by atoms with Crippen molar-refractivity contribution in [2.24, 2.45) is 16.7 Å².